The average Bonchev–Trinajstić information content (AvgIpc) is 2.77. The molecule has 0 radical (unpaired) electrons. The van der Waals surface area contributed by atoms with E-state index in [-0.39, 0.29) is 11.4 Å². The number of carbonyl (C=O) groups is 1. The van der Waals surface area contributed by atoms with Crippen molar-refractivity contribution in [1.29, 1.82) is 0 Å². The number of halogens is 1. The number of hydrogen-bond acceptors (Lipinski definition) is 5. The van der Waals surface area contributed by atoms with E-state index >= 15 is 0 Å². The zero-order chi connectivity index (χ0) is 14.0. The van der Waals surface area contributed by atoms with E-state index in [1.54, 1.807) is 6.07 Å². The number of tetrazole rings is 1. The van der Waals surface area contributed by atoms with E-state index in [2.05, 4.69) is 15.5 Å². The molecule has 1 heterocycles. The molecule has 2 N–H and O–H groups in total. The number of aliphatic carboxylic acids is 1. The summed E-state index contributed by atoms with van der Waals surface area (Å²) in [5, 5.41) is 29.1. The van der Waals surface area contributed by atoms with E-state index in [0.717, 1.165) is 4.68 Å². The summed E-state index contributed by atoms with van der Waals surface area (Å²) in [6.07, 6.45) is -1.23. The second-order valence-corrected chi connectivity index (χ2v) is 3.95. The van der Waals surface area contributed by atoms with Crippen LogP contribution in [0.1, 0.15) is 13.0 Å². The van der Waals surface area contributed by atoms with Gasteiger partial charge in [-0.05, 0) is 29.5 Å². The Morgan fingerprint density at radius 3 is 2.68 bits per heavy atom. The molecule has 2 atom stereocenters. The molecule has 19 heavy (non-hydrogen) atoms. The van der Waals surface area contributed by atoms with Crippen molar-refractivity contribution < 1.29 is 19.4 Å². The predicted molar refractivity (Wildman–Crippen MR) is 61.6 cm³/mol. The molecule has 100 valence electrons. The molecule has 0 aliphatic carbocycles. The van der Waals surface area contributed by atoms with Crippen molar-refractivity contribution >= 4 is 5.97 Å². The molecule has 2 rings (SSSR count). The maximum absolute atomic E-state index is 13.7. The van der Waals surface area contributed by atoms with Crippen LogP contribution in [0, 0.1) is 5.82 Å². The fraction of sp³-hybridized carbons (Fsp3) is 0.273. The Morgan fingerprint density at radius 1 is 1.42 bits per heavy atom. The molecule has 2 unspecified atom stereocenters. The third-order valence-electron chi connectivity index (χ3n) is 2.58. The molecule has 1 aromatic carbocycles. The number of benzene rings is 1. The molecule has 0 aliphatic rings. The first-order chi connectivity index (χ1) is 9.02. The zero-order valence-corrected chi connectivity index (χ0v) is 9.93. The zero-order valence-electron chi connectivity index (χ0n) is 9.93. The number of nitrogens with zero attached hydrogens (tertiary/aromatic N) is 4. The summed E-state index contributed by atoms with van der Waals surface area (Å²) in [5.41, 5.74) is 0.0689. The molecule has 0 amide bonds. The minimum absolute atomic E-state index is 0.0496. The van der Waals surface area contributed by atoms with Gasteiger partial charge in [0.05, 0.1) is 11.7 Å². The minimum atomic E-state index is -1.38. The van der Waals surface area contributed by atoms with E-state index in [1.807, 2.05) is 0 Å². The average molecular weight is 266 g/mol. The summed E-state index contributed by atoms with van der Waals surface area (Å²) in [6.45, 7) is 1.30. The van der Waals surface area contributed by atoms with Gasteiger partial charge in [-0.2, -0.15) is 0 Å². The van der Waals surface area contributed by atoms with Crippen molar-refractivity contribution in [2.75, 3.05) is 0 Å². The maximum Gasteiger partial charge on any atom is 0.331 e. The van der Waals surface area contributed by atoms with Crippen LogP contribution >= 0.6 is 0 Å². The van der Waals surface area contributed by atoms with E-state index in [1.165, 1.54) is 25.1 Å². The van der Waals surface area contributed by atoms with Crippen LogP contribution in [0.5, 0.6) is 0 Å². The van der Waals surface area contributed by atoms with Gasteiger partial charge < -0.3 is 10.2 Å². The second kappa shape index (κ2) is 5.11. The van der Waals surface area contributed by atoms with Gasteiger partial charge in [0.25, 0.3) is 0 Å². The van der Waals surface area contributed by atoms with E-state index in [0.29, 0.717) is 0 Å². The van der Waals surface area contributed by atoms with Gasteiger partial charge in [-0.25, -0.2) is 13.9 Å². The van der Waals surface area contributed by atoms with E-state index in [4.69, 9.17) is 5.11 Å². The van der Waals surface area contributed by atoms with Gasteiger partial charge in [0.2, 0.25) is 0 Å². The summed E-state index contributed by atoms with van der Waals surface area (Å²) < 4.78 is 14.6. The van der Waals surface area contributed by atoms with E-state index < -0.39 is 23.9 Å². The Hall–Kier alpha value is -2.35. The van der Waals surface area contributed by atoms with Crippen molar-refractivity contribution in [3.63, 3.8) is 0 Å². The summed E-state index contributed by atoms with van der Waals surface area (Å²) in [4.78, 5) is 11.1. The second-order valence-electron chi connectivity index (χ2n) is 3.95. The van der Waals surface area contributed by atoms with Gasteiger partial charge in [0.15, 0.2) is 11.9 Å². The first-order valence-electron chi connectivity index (χ1n) is 5.46. The van der Waals surface area contributed by atoms with Crippen LogP contribution in [0.15, 0.2) is 24.3 Å². The highest BCUT2D eigenvalue weighted by Gasteiger charge is 2.30. The number of rotatable bonds is 4. The largest absolute Gasteiger partial charge is 0.480 e. The van der Waals surface area contributed by atoms with Gasteiger partial charge in [-0.15, -0.1) is 5.10 Å². The number of hydrogen-bond donors (Lipinski definition) is 2. The molecule has 0 aliphatic heterocycles. The number of aliphatic hydroxyl groups is 1. The van der Waals surface area contributed by atoms with Crippen molar-refractivity contribution in [2.24, 2.45) is 0 Å². The highest BCUT2D eigenvalue weighted by Crippen LogP contribution is 2.23. The van der Waals surface area contributed by atoms with Crippen LogP contribution in [-0.4, -0.2) is 42.5 Å². The molecule has 2 aromatic rings. The van der Waals surface area contributed by atoms with Crippen molar-refractivity contribution in [3.8, 4) is 11.4 Å². The van der Waals surface area contributed by atoms with Crippen molar-refractivity contribution in [2.45, 2.75) is 19.1 Å². The molecule has 0 bridgehead atoms. The van der Waals surface area contributed by atoms with E-state index in [9.17, 15) is 14.3 Å². The smallest absolute Gasteiger partial charge is 0.331 e. The molecule has 1 aromatic heterocycles. The van der Waals surface area contributed by atoms with Crippen molar-refractivity contribution in [3.05, 3.63) is 30.1 Å². The lowest BCUT2D eigenvalue weighted by Crippen LogP contribution is -2.30. The Kier molecular flexibility index (Phi) is 3.52. The Morgan fingerprint density at radius 2 is 2.11 bits per heavy atom. The lowest BCUT2D eigenvalue weighted by atomic mass is 10.1. The van der Waals surface area contributed by atoms with Crippen LogP contribution < -0.4 is 0 Å². The summed E-state index contributed by atoms with van der Waals surface area (Å²) in [6, 6.07) is 4.33. The molecule has 8 heteroatoms. The van der Waals surface area contributed by atoms with Gasteiger partial charge in [0, 0.05) is 0 Å². The number of aliphatic hydroxyl groups excluding tert-OH is 1. The highest BCUT2D eigenvalue weighted by atomic mass is 19.1. The normalized spacial score (nSPS) is 14.1. The molecule has 7 nitrogen and oxygen atoms in total. The number of carboxylic acid groups (broad SMARTS) is 1. The Balaban J connectivity index is 2.54. The molecule has 0 spiro atoms. The third kappa shape index (κ3) is 2.43. The molecule has 0 saturated heterocycles. The highest BCUT2D eigenvalue weighted by molar-refractivity contribution is 5.73. The summed E-state index contributed by atoms with van der Waals surface area (Å²) in [7, 11) is 0. The Bertz CT molecular complexity index is 599. The Labute approximate surface area is 107 Å². The fourth-order valence-corrected chi connectivity index (χ4v) is 1.72. The van der Waals surface area contributed by atoms with Gasteiger partial charge >= 0.3 is 5.97 Å². The quantitative estimate of drug-likeness (QED) is 0.835. The lowest BCUT2D eigenvalue weighted by molar-refractivity contribution is -0.144. The van der Waals surface area contributed by atoms with Crippen LogP contribution in [-0.2, 0) is 4.79 Å². The van der Waals surface area contributed by atoms with Crippen molar-refractivity contribution in [1.82, 2.24) is 20.2 Å². The molecule has 0 saturated carbocycles. The standard InChI is InChI=1S/C11H11FN4O3/c1-6(17)9(11(18)19)16-10(13-14-15-16)7-4-2-3-5-8(7)12/h2-6,9,17H,1H3,(H,18,19). The number of aromatic nitrogens is 4. The lowest BCUT2D eigenvalue weighted by Gasteiger charge is -2.16. The van der Waals surface area contributed by atoms with Gasteiger partial charge in [-0.1, -0.05) is 12.1 Å². The SMILES string of the molecule is CC(O)C(C(=O)O)n1nnnc1-c1ccccc1F. The fourth-order valence-electron chi connectivity index (χ4n) is 1.72. The minimum Gasteiger partial charge on any atom is -0.480 e. The molecular formula is C11H11FN4O3. The summed E-state index contributed by atoms with van der Waals surface area (Å²) in [5.74, 6) is -1.93. The first kappa shape index (κ1) is 13.1. The predicted octanol–water partition coefficient (Wildman–Crippen LogP) is 0.486. The van der Waals surface area contributed by atoms with Crippen LogP contribution in [0.2, 0.25) is 0 Å². The third-order valence-corrected chi connectivity index (χ3v) is 2.58. The topological polar surface area (TPSA) is 101 Å². The monoisotopic (exact) mass is 266 g/mol. The maximum atomic E-state index is 13.7. The van der Waals surface area contributed by atoms with Crippen LogP contribution in [0.3, 0.4) is 0 Å². The molecule has 0 fully saturated rings. The first-order valence-corrected chi connectivity index (χ1v) is 5.46. The summed E-state index contributed by atoms with van der Waals surface area (Å²) >= 11 is 0. The molecular weight excluding hydrogens is 255 g/mol. The number of carboxylic acids is 1. The van der Waals surface area contributed by atoms with Gasteiger partial charge in [-0.3, -0.25) is 0 Å². The van der Waals surface area contributed by atoms with Gasteiger partial charge in [0.1, 0.15) is 5.82 Å². The van der Waals surface area contributed by atoms with Crippen LogP contribution in [0.25, 0.3) is 11.4 Å². The van der Waals surface area contributed by atoms with Crippen LogP contribution in [0.4, 0.5) is 4.39 Å².